The summed E-state index contributed by atoms with van der Waals surface area (Å²) in [6.07, 6.45) is 6.99. The van der Waals surface area contributed by atoms with Gasteiger partial charge in [0.25, 0.3) is 5.91 Å². The molecule has 1 aromatic carbocycles. The van der Waals surface area contributed by atoms with E-state index in [-0.39, 0.29) is 5.91 Å². The highest BCUT2D eigenvalue weighted by Gasteiger charge is 2.25. The molecule has 1 aliphatic rings. The summed E-state index contributed by atoms with van der Waals surface area (Å²) in [6.45, 7) is 1.23. The molecule has 0 N–H and O–H groups in total. The molecule has 126 valence electrons. The third-order valence-corrected chi connectivity index (χ3v) is 4.74. The number of aryl methyl sites for hydroxylation is 1. The SMILES string of the molecule is O=C(c1cnn(Cc2ccccc2Cl)c1)N1CCCc2ncccc21. The van der Waals surface area contributed by atoms with Gasteiger partial charge >= 0.3 is 0 Å². The highest BCUT2D eigenvalue weighted by molar-refractivity contribution is 6.31. The van der Waals surface area contributed by atoms with Crippen LogP contribution in [0.4, 0.5) is 5.69 Å². The minimum atomic E-state index is -0.0423. The van der Waals surface area contributed by atoms with Crippen molar-refractivity contribution in [1.82, 2.24) is 14.8 Å². The van der Waals surface area contributed by atoms with E-state index in [1.165, 1.54) is 0 Å². The maximum Gasteiger partial charge on any atom is 0.261 e. The van der Waals surface area contributed by atoms with Crippen molar-refractivity contribution in [3.8, 4) is 0 Å². The van der Waals surface area contributed by atoms with Gasteiger partial charge in [0.05, 0.1) is 29.7 Å². The number of amides is 1. The van der Waals surface area contributed by atoms with Crippen molar-refractivity contribution in [2.45, 2.75) is 19.4 Å². The Bertz CT molecular complexity index is 921. The largest absolute Gasteiger partial charge is 0.306 e. The van der Waals surface area contributed by atoms with E-state index < -0.39 is 0 Å². The lowest BCUT2D eigenvalue weighted by Gasteiger charge is -2.28. The van der Waals surface area contributed by atoms with Gasteiger partial charge in [0, 0.05) is 24.0 Å². The Morgan fingerprint density at radius 2 is 2.08 bits per heavy atom. The molecular formula is C19H17ClN4O. The first-order valence-electron chi connectivity index (χ1n) is 8.24. The summed E-state index contributed by atoms with van der Waals surface area (Å²) in [7, 11) is 0. The van der Waals surface area contributed by atoms with Crippen LogP contribution in [0, 0.1) is 0 Å². The zero-order valence-corrected chi connectivity index (χ0v) is 14.4. The number of carbonyl (C=O) groups excluding carboxylic acids is 1. The van der Waals surface area contributed by atoms with Gasteiger partial charge in [0.2, 0.25) is 0 Å². The summed E-state index contributed by atoms with van der Waals surface area (Å²) in [4.78, 5) is 19.1. The Morgan fingerprint density at radius 3 is 2.96 bits per heavy atom. The van der Waals surface area contributed by atoms with Crippen LogP contribution < -0.4 is 4.90 Å². The van der Waals surface area contributed by atoms with Crippen LogP contribution in [0.2, 0.25) is 5.02 Å². The molecule has 0 spiro atoms. The van der Waals surface area contributed by atoms with Crippen LogP contribution in [-0.2, 0) is 13.0 Å². The maximum atomic E-state index is 12.9. The van der Waals surface area contributed by atoms with Crippen molar-refractivity contribution in [2.75, 3.05) is 11.4 Å². The van der Waals surface area contributed by atoms with Gasteiger partial charge in [-0.2, -0.15) is 5.10 Å². The highest BCUT2D eigenvalue weighted by Crippen LogP contribution is 2.26. The number of halogens is 1. The van der Waals surface area contributed by atoms with Crippen LogP contribution in [0.1, 0.15) is 28.0 Å². The van der Waals surface area contributed by atoms with E-state index in [1.807, 2.05) is 36.4 Å². The van der Waals surface area contributed by atoms with Crippen LogP contribution in [0.3, 0.4) is 0 Å². The predicted octanol–water partition coefficient (Wildman–Crippen LogP) is 3.57. The number of carbonyl (C=O) groups is 1. The van der Waals surface area contributed by atoms with E-state index in [0.717, 1.165) is 29.8 Å². The second-order valence-electron chi connectivity index (χ2n) is 6.05. The van der Waals surface area contributed by atoms with Crippen molar-refractivity contribution in [2.24, 2.45) is 0 Å². The summed E-state index contributed by atoms with van der Waals surface area (Å²) in [6, 6.07) is 11.5. The predicted molar refractivity (Wildman–Crippen MR) is 97.0 cm³/mol. The Balaban J connectivity index is 1.57. The molecule has 25 heavy (non-hydrogen) atoms. The molecule has 0 atom stereocenters. The molecule has 0 saturated heterocycles. The standard InChI is InChI=1S/C19H17ClN4O/c20-16-6-2-1-5-14(16)12-23-13-15(11-22-23)19(25)24-10-4-7-17-18(24)8-3-9-21-17/h1-3,5-6,8-9,11,13H,4,7,10,12H2. The lowest BCUT2D eigenvalue weighted by Crippen LogP contribution is -2.35. The number of anilines is 1. The molecule has 5 nitrogen and oxygen atoms in total. The van der Waals surface area contributed by atoms with Crippen molar-refractivity contribution in [3.05, 3.63) is 76.8 Å². The Morgan fingerprint density at radius 1 is 1.20 bits per heavy atom. The fourth-order valence-electron chi connectivity index (χ4n) is 3.12. The van der Waals surface area contributed by atoms with E-state index in [4.69, 9.17) is 11.6 Å². The van der Waals surface area contributed by atoms with Crippen LogP contribution in [-0.4, -0.2) is 27.2 Å². The number of fused-ring (bicyclic) bond motifs is 1. The molecule has 0 bridgehead atoms. The van der Waals surface area contributed by atoms with Crippen molar-refractivity contribution >= 4 is 23.2 Å². The number of benzene rings is 1. The van der Waals surface area contributed by atoms with Gasteiger partial charge in [0.15, 0.2) is 0 Å². The number of aromatic nitrogens is 3. The van der Waals surface area contributed by atoms with E-state index >= 15 is 0 Å². The summed E-state index contributed by atoms with van der Waals surface area (Å²) < 4.78 is 1.74. The van der Waals surface area contributed by atoms with E-state index in [2.05, 4.69) is 10.1 Å². The molecule has 1 amide bonds. The Hall–Kier alpha value is -2.66. The summed E-state index contributed by atoms with van der Waals surface area (Å²) >= 11 is 6.20. The number of nitrogens with zero attached hydrogens (tertiary/aromatic N) is 4. The third kappa shape index (κ3) is 3.15. The molecule has 2 aromatic heterocycles. The van der Waals surface area contributed by atoms with Gasteiger partial charge < -0.3 is 4.90 Å². The molecule has 3 heterocycles. The Labute approximate surface area is 150 Å². The molecule has 0 fully saturated rings. The first kappa shape index (κ1) is 15.8. The zero-order chi connectivity index (χ0) is 17.2. The quantitative estimate of drug-likeness (QED) is 0.724. The summed E-state index contributed by atoms with van der Waals surface area (Å²) in [5, 5.41) is 5.02. The maximum absolute atomic E-state index is 12.9. The monoisotopic (exact) mass is 352 g/mol. The molecule has 6 heteroatoms. The van der Waals surface area contributed by atoms with E-state index in [9.17, 15) is 4.79 Å². The molecule has 1 aliphatic heterocycles. The average Bonchev–Trinajstić information content (AvgIpc) is 3.11. The van der Waals surface area contributed by atoms with Gasteiger partial charge in [-0.3, -0.25) is 14.5 Å². The molecule has 3 aromatic rings. The molecule has 4 rings (SSSR count). The van der Waals surface area contributed by atoms with Crippen LogP contribution in [0.25, 0.3) is 0 Å². The van der Waals surface area contributed by atoms with Gasteiger partial charge in [0.1, 0.15) is 0 Å². The smallest absolute Gasteiger partial charge is 0.261 e. The van der Waals surface area contributed by atoms with Crippen molar-refractivity contribution < 1.29 is 4.79 Å². The third-order valence-electron chi connectivity index (χ3n) is 4.37. The molecule has 0 radical (unpaired) electrons. The number of hydrogen-bond donors (Lipinski definition) is 0. The van der Waals surface area contributed by atoms with Crippen LogP contribution in [0.5, 0.6) is 0 Å². The molecule has 0 saturated carbocycles. The topological polar surface area (TPSA) is 51.0 Å². The minimum absolute atomic E-state index is 0.0423. The fourth-order valence-corrected chi connectivity index (χ4v) is 3.32. The van der Waals surface area contributed by atoms with Crippen molar-refractivity contribution in [3.63, 3.8) is 0 Å². The van der Waals surface area contributed by atoms with E-state index in [1.54, 1.807) is 28.2 Å². The molecular weight excluding hydrogens is 336 g/mol. The van der Waals surface area contributed by atoms with Gasteiger partial charge in [-0.25, -0.2) is 0 Å². The minimum Gasteiger partial charge on any atom is -0.306 e. The fraction of sp³-hybridized carbons (Fsp3) is 0.211. The summed E-state index contributed by atoms with van der Waals surface area (Å²) in [5.74, 6) is -0.0423. The zero-order valence-electron chi connectivity index (χ0n) is 13.6. The van der Waals surface area contributed by atoms with Crippen LogP contribution >= 0.6 is 11.6 Å². The Kier molecular flexibility index (Phi) is 4.24. The average molecular weight is 353 g/mol. The van der Waals surface area contributed by atoms with Gasteiger partial charge in [-0.15, -0.1) is 0 Å². The molecule has 0 unspecified atom stereocenters. The first-order chi connectivity index (χ1) is 12.2. The van der Waals surface area contributed by atoms with Crippen LogP contribution in [0.15, 0.2) is 55.0 Å². The number of pyridine rings is 1. The second kappa shape index (κ2) is 6.69. The number of rotatable bonds is 3. The van der Waals surface area contributed by atoms with Gasteiger partial charge in [-0.1, -0.05) is 29.8 Å². The number of hydrogen-bond acceptors (Lipinski definition) is 3. The van der Waals surface area contributed by atoms with Crippen molar-refractivity contribution in [1.29, 1.82) is 0 Å². The van der Waals surface area contributed by atoms with Gasteiger partial charge in [-0.05, 0) is 36.6 Å². The summed E-state index contributed by atoms with van der Waals surface area (Å²) in [5.41, 5.74) is 3.42. The second-order valence-corrected chi connectivity index (χ2v) is 6.45. The normalized spacial score (nSPS) is 13.6. The molecule has 0 aliphatic carbocycles. The highest BCUT2D eigenvalue weighted by atomic mass is 35.5. The lowest BCUT2D eigenvalue weighted by atomic mass is 10.1. The lowest BCUT2D eigenvalue weighted by molar-refractivity contribution is 0.0985. The van der Waals surface area contributed by atoms with E-state index in [0.29, 0.717) is 23.7 Å². The first-order valence-corrected chi connectivity index (χ1v) is 8.62.